The highest BCUT2D eigenvalue weighted by atomic mass is 16.7. The Morgan fingerprint density at radius 2 is 1.70 bits per heavy atom. The Kier molecular flexibility index (Phi) is 2.66. The molecule has 0 amide bonds. The van der Waals surface area contributed by atoms with E-state index in [-0.39, 0.29) is 11.2 Å². The first-order valence-corrected chi connectivity index (χ1v) is 7.42. The quantitative estimate of drug-likeness (QED) is 0.821. The summed E-state index contributed by atoms with van der Waals surface area (Å²) in [7, 11) is 0. The Labute approximate surface area is 119 Å². The number of ether oxygens (including phenoxy) is 2. The standard InChI is InChI=1S/C18H20O2/c1-17-8-9-18(12-19-17,13-20-17)11-14-6-7-15-4-2-3-5-16(15)10-14/h2-7,10H,8-9,11-13H2,1H3. The van der Waals surface area contributed by atoms with E-state index in [1.807, 2.05) is 0 Å². The summed E-state index contributed by atoms with van der Waals surface area (Å²) in [4.78, 5) is 0. The lowest BCUT2D eigenvalue weighted by Crippen LogP contribution is -2.54. The normalized spacial score (nSPS) is 32.6. The van der Waals surface area contributed by atoms with Gasteiger partial charge in [0.15, 0.2) is 5.79 Å². The van der Waals surface area contributed by atoms with Gasteiger partial charge < -0.3 is 9.47 Å². The maximum atomic E-state index is 5.91. The van der Waals surface area contributed by atoms with Crippen LogP contribution >= 0.6 is 0 Å². The van der Waals surface area contributed by atoms with Gasteiger partial charge in [0.2, 0.25) is 0 Å². The van der Waals surface area contributed by atoms with Gasteiger partial charge in [0.25, 0.3) is 0 Å². The Morgan fingerprint density at radius 1 is 0.950 bits per heavy atom. The van der Waals surface area contributed by atoms with Gasteiger partial charge >= 0.3 is 0 Å². The smallest absolute Gasteiger partial charge is 0.165 e. The molecule has 0 aliphatic carbocycles. The first-order valence-electron chi connectivity index (χ1n) is 7.42. The zero-order chi connectivity index (χ0) is 13.6. The van der Waals surface area contributed by atoms with Crippen molar-refractivity contribution in [3.05, 3.63) is 48.0 Å². The second-order valence-electron chi connectivity index (χ2n) is 6.57. The van der Waals surface area contributed by atoms with Crippen LogP contribution in [-0.4, -0.2) is 19.0 Å². The maximum absolute atomic E-state index is 5.91. The Balaban J connectivity index is 1.61. The van der Waals surface area contributed by atoms with Crippen molar-refractivity contribution in [1.29, 1.82) is 0 Å². The molecule has 0 aromatic heterocycles. The molecule has 2 aromatic rings. The van der Waals surface area contributed by atoms with E-state index in [1.54, 1.807) is 0 Å². The molecule has 5 rings (SSSR count). The fourth-order valence-electron chi connectivity index (χ4n) is 3.45. The molecule has 0 spiro atoms. The third kappa shape index (κ3) is 2.04. The minimum absolute atomic E-state index is 0.181. The van der Waals surface area contributed by atoms with E-state index in [0.29, 0.717) is 0 Å². The molecule has 0 atom stereocenters. The molecule has 2 aromatic carbocycles. The molecule has 3 saturated heterocycles. The molecule has 2 nitrogen and oxygen atoms in total. The van der Waals surface area contributed by atoms with E-state index in [0.717, 1.165) is 26.1 Å². The van der Waals surface area contributed by atoms with Crippen LogP contribution < -0.4 is 0 Å². The van der Waals surface area contributed by atoms with Crippen LogP contribution in [0.25, 0.3) is 10.8 Å². The molecule has 0 radical (unpaired) electrons. The molecule has 3 aliphatic heterocycles. The summed E-state index contributed by atoms with van der Waals surface area (Å²) in [5, 5.41) is 2.63. The number of hydrogen-bond acceptors (Lipinski definition) is 2. The molecule has 20 heavy (non-hydrogen) atoms. The fraction of sp³-hybridized carbons (Fsp3) is 0.444. The number of benzene rings is 2. The number of rotatable bonds is 2. The predicted octanol–water partition coefficient (Wildman–Crippen LogP) is 3.93. The summed E-state index contributed by atoms with van der Waals surface area (Å²) in [6.45, 7) is 3.72. The Hall–Kier alpha value is -1.38. The van der Waals surface area contributed by atoms with Gasteiger partial charge in [-0.05, 0) is 36.1 Å². The molecule has 2 bridgehead atoms. The molecule has 3 fully saturated rings. The molecular weight excluding hydrogens is 248 g/mol. The monoisotopic (exact) mass is 268 g/mol. The van der Waals surface area contributed by atoms with Gasteiger partial charge in [-0.15, -0.1) is 0 Å². The van der Waals surface area contributed by atoms with Gasteiger partial charge in [-0.1, -0.05) is 42.5 Å². The summed E-state index contributed by atoms with van der Waals surface area (Å²) < 4.78 is 11.8. The van der Waals surface area contributed by atoms with Crippen LogP contribution in [-0.2, 0) is 15.9 Å². The highest BCUT2D eigenvalue weighted by Gasteiger charge is 2.48. The second kappa shape index (κ2) is 4.31. The van der Waals surface area contributed by atoms with Crippen LogP contribution in [0.3, 0.4) is 0 Å². The number of hydrogen-bond donors (Lipinski definition) is 0. The third-order valence-electron chi connectivity index (χ3n) is 4.87. The van der Waals surface area contributed by atoms with Crippen molar-refractivity contribution in [2.45, 2.75) is 32.0 Å². The third-order valence-corrected chi connectivity index (χ3v) is 4.87. The van der Waals surface area contributed by atoms with Crippen LogP contribution in [0.1, 0.15) is 25.3 Å². The largest absolute Gasteiger partial charge is 0.350 e. The lowest BCUT2D eigenvalue weighted by Gasteiger charge is -2.51. The van der Waals surface area contributed by atoms with Crippen molar-refractivity contribution in [2.24, 2.45) is 5.41 Å². The second-order valence-corrected chi connectivity index (χ2v) is 6.57. The van der Waals surface area contributed by atoms with Gasteiger partial charge in [-0.3, -0.25) is 0 Å². The van der Waals surface area contributed by atoms with E-state index in [1.165, 1.54) is 22.8 Å². The zero-order valence-corrected chi connectivity index (χ0v) is 11.9. The van der Waals surface area contributed by atoms with Gasteiger partial charge in [-0.25, -0.2) is 0 Å². The van der Waals surface area contributed by atoms with E-state index < -0.39 is 0 Å². The van der Waals surface area contributed by atoms with E-state index in [9.17, 15) is 0 Å². The average Bonchev–Trinajstić information content (AvgIpc) is 2.49. The van der Waals surface area contributed by atoms with Crippen molar-refractivity contribution in [1.82, 2.24) is 0 Å². The van der Waals surface area contributed by atoms with Gasteiger partial charge in [0, 0.05) is 11.8 Å². The maximum Gasteiger partial charge on any atom is 0.165 e. The van der Waals surface area contributed by atoms with Crippen molar-refractivity contribution < 1.29 is 9.47 Å². The molecule has 3 heterocycles. The SMILES string of the molecule is CC12CCC(Cc3ccc4ccccc4c3)(CO1)CO2. The van der Waals surface area contributed by atoms with Gasteiger partial charge in [0.05, 0.1) is 13.2 Å². The van der Waals surface area contributed by atoms with Crippen LogP contribution in [0.2, 0.25) is 0 Å². The van der Waals surface area contributed by atoms with Crippen molar-refractivity contribution in [3.8, 4) is 0 Å². The fourth-order valence-corrected chi connectivity index (χ4v) is 3.45. The summed E-state index contributed by atoms with van der Waals surface area (Å²) in [5.74, 6) is -0.314. The molecular formula is C18H20O2. The van der Waals surface area contributed by atoms with Crippen LogP contribution in [0, 0.1) is 5.41 Å². The Bertz CT molecular complexity index is 622. The molecule has 2 heteroatoms. The van der Waals surface area contributed by atoms with Gasteiger partial charge in [-0.2, -0.15) is 0 Å². The molecule has 3 aliphatic rings. The molecule has 0 N–H and O–H groups in total. The van der Waals surface area contributed by atoms with Crippen molar-refractivity contribution >= 4 is 10.8 Å². The van der Waals surface area contributed by atoms with Crippen molar-refractivity contribution in [2.75, 3.05) is 13.2 Å². The highest BCUT2D eigenvalue weighted by molar-refractivity contribution is 5.83. The van der Waals surface area contributed by atoms with E-state index >= 15 is 0 Å². The van der Waals surface area contributed by atoms with Gasteiger partial charge in [0.1, 0.15) is 0 Å². The van der Waals surface area contributed by atoms with Crippen LogP contribution in [0.4, 0.5) is 0 Å². The van der Waals surface area contributed by atoms with E-state index in [4.69, 9.17) is 9.47 Å². The summed E-state index contributed by atoms with van der Waals surface area (Å²) in [6, 6.07) is 15.3. The predicted molar refractivity (Wildman–Crippen MR) is 79.6 cm³/mol. The Morgan fingerprint density at radius 3 is 2.40 bits per heavy atom. The molecule has 0 unspecified atom stereocenters. The zero-order valence-electron chi connectivity index (χ0n) is 11.9. The van der Waals surface area contributed by atoms with E-state index in [2.05, 4.69) is 49.4 Å². The minimum atomic E-state index is -0.314. The first kappa shape index (κ1) is 12.4. The average molecular weight is 268 g/mol. The first-order chi connectivity index (χ1) is 9.67. The number of fused-ring (bicyclic) bond motifs is 4. The van der Waals surface area contributed by atoms with Crippen LogP contribution in [0.5, 0.6) is 0 Å². The van der Waals surface area contributed by atoms with Crippen LogP contribution in [0.15, 0.2) is 42.5 Å². The lowest BCUT2D eigenvalue weighted by atomic mass is 9.74. The lowest BCUT2D eigenvalue weighted by molar-refractivity contribution is -0.331. The summed E-state index contributed by atoms with van der Waals surface area (Å²) in [6.07, 6.45) is 3.27. The molecule has 104 valence electrons. The summed E-state index contributed by atoms with van der Waals surface area (Å²) >= 11 is 0. The minimum Gasteiger partial charge on any atom is -0.350 e. The molecule has 0 saturated carbocycles. The topological polar surface area (TPSA) is 18.5 Å². The highest BCUT2D eigenvalue weighted by Crippen LogP contribution is 2.45. The summed E-state index contributed by atoms with van der Waals surface area (Å²) in [5.41, 5.74) is 1.57. The van der Waals surface area contributed by atoms with Crippen molar-refractivity contribution in [3.63, 3.8) is 0 Å².